The number of carbonyl (C=O) groups is 2. The number of rotatable bonds is 5. The molecule has 2 aliphatic heterocycles. The monoisotopic (exact) mass is 565 g/mol. The number of halogens is 3. The smallest absolute Gasteiger partial charge is 0.390 e. The second-order valence-electron chi connectivity index (χ2n) is 10.2. The number of ether oxygens (including phenoxy) is 4. The van der Waals surface area contributed by atoms with Gasteiger partial charge in [0.2, 0.25) is 6.79 Å². The van der Waals surface area contributed by atoms with E-state index < -0.39 is 30.7 Å². The first-order chi connectivity index (χ1) is 18.9. The molecule has 0 radical (unpaired) electrons. The number of amides is 2. The Hall–Kier alpha value is -3.51. The molecule has 0 aliphatic carbocycles. The van der Waals surface area contributed by atoms with Crippen LogP contribution in [0.4, 0.5) is 18.9 Å². The number of alkyl halides is 3. The molecule has 12 heteroatoms. The summed E-state index contributed by atoms with van der Waals surface area (Å²) in [4.78, 5) is 29.5. The number of hydrogen-bond donors (Lipinski definition) is 1. The van der Waals surface area contributed by atoms with Crippen molar-refractivity contribution in [3.63, 3.8) is 0 Å². The average molecular weight is 566 g/mol. The van der Waals surface area contributed by atoms with Crippen LogP contribution >= 0.6 is 0 Å². The molecule has 2 aromatic rings. The fourth-order valence-corrected chi connectivity index (χ4v) is 4.75. The highest BCUT2D eigenvalue weighted by Gasteiger charge is 2.32. The zero-order valence-electron chi connectivity index (χ0n) is 22.9. The summed E-state index contributed by atoms with van der Waals surface area (Å²) in [6, 6.07) is 9.14. The van der Waals surface area contributed by atoms with Gasteiger partial charge in [-0.15, -0.1) is 0 Å². The van der Waals surface area contributed by atoms with Crippen molar-refractivity contribution in [1.82, 2.24) is 9.80 Å². The maximum Gasteiger partial charge on any atom is 0.390 e. The van der Waals surface area contributed by atoms with Gasteiger partial charge < -0.3 is 29.2 Å². The molecule has 0 fully saturated rings. The number of benzene rings is 2. The van der Waals surface area contributed by atoms with Crippen molar-refractivity contribution in [3.05, 3.63) is 47.5 Å². The second kappa shape index (κ2) is 12.3. The third-order valence-corrected chi connectivity index (χ3v) is 7.15. The van der Waals surface area contributed by atoms with Gasteiger partial charge in [0, 0.05) is 57.2 Å². The number of nitrogens with zero attached hydrogens (tertiary/aromatic N) is 2. The molecular weight excluding hydrogens is 531 g/mol. The van der Waals surface area contributed by atoms with Crippen LogP contribution in [0.1, 0.15) is 41.0 Å². The Balaban J connectivity index is 1.59. The minimum absolute atomic E-state index is 0.0335. The SMILES string of the molecule is CO[C@H]1CN(C)C(=O)c2ccc(NC(=O)c3ccc4c(c3)OCO4)cc2OC[C@@H](C)N(CCC(F)(F)F)C[C@H]1C. The molecule has 1 N–H and O–H groups in total. The molecule has 9 nitrogen and oxygen atoms in total. The topological polar surface area (TPSA) is 89.6 Å². The van der Waals surface area contributed by atoms with Crippen LogP contribution in [0, 0.1) is 5.92 Å². The van der Waals surface area contributed by atoms with Gasteiger partial charge in [-0.1, -0.05) is 6.92 Å². The molecule has 2 aromatic carbocycles. The van der Waals surface area contributed by atoms with Crippen molar-refractivity contribution in [3.8, 4) is 17.2 Å². The Morgan fingerprint density at radius 3 is 2.52 bits per heavy atom. The van der Waals surface area contributed by atoms with E-state index in [1.807, 2.05) is 6.92 Å². The highest BCUT2D eigenvalue weighted by atomic mass is 19.4. The Labute approximate surface area is 231 Å². The first kappa shape index (κ1) is 29.5. The van der Waals surface area contributed by atoms with E-state index in [0.29, 0.717) is 29.3 Å². The van der Waals surface area contributed by atoms with Gasteiger partial charge in [-0.05, 0) is 43.2 Å². The molecule has 0 bridgehead atoms. The van der Waals surface area contributed by atoms with Gasteiger partial charge in [0.15, 0.2) is 11.5 Å². The van der Waals surface area contributed by atoms with Crippen molar-refractivity contribution in [2.24, 2.45) is 5.92 Å². The van der Waals surface area contributed by atoms with Crippen LogP contribution in [-0.4, -0.2) is 87.1 Å². The third-order valence-electron chi connectivity index (χ3n) is 7.15. The molecule has 2 aliphatic rings. The molecule has 40 heavy (non-hydrogen) atoms. The first-order valence-electron chi connectivity index (χ1n) is 13.0. The Bertz CT molecular complexity index is 1220. The highest BCUT2D eigenvalue weighted by molar-refractivity contribution is 6.05. The lowest BCUT2D eigenvalue weighted by atomic mass is 10.0. The number of hydrogen-bond acceptors (Lipinski definition) is 7. The van der Waals surface area contributed by atoms with E-state index in [1.54, 1.807) is 55.3 Å². The number of anilines is 1. The summed E-state index contributed by atoms with van der Waals surface area (Å²) in [7, 11) is 3.16. The van der Waals surface area contributed by atoms with E-state index in [4.69, 9.17) is 18.9 Å². The quantitative estimate of drug-likeness (QED) is 0.574. The summed E-state index contributed by atoms with van der Waals surface area (Å²) in [6.07, 6.45) is -5.64. The largest absolute Gasteiger partial charge is 0.491 e. The van der Waals surface area contributed by atoms with Crippen molar-refractivity contribution in [2.75, 3.05) is 52.5 Å². The number of methoxy groups -OCH3 is 1. The van der Waals surface area contributed by atoms with Gasteiger partial charge in [-0.25, -0.2) is 0 Å². The molecule has 0 unspecified atom stereocenters. The van der Waals surface area contributed by atoms with Crippen molar-refractivity contribution < 1.29 is 41.7 Å². The van der Waals surface area contributed by atoms with Crippen LogP contribution < -0.4 is 19.5 Å². The van der Waals surface area contributed by atoms with E-state index >= 15 is 0 Å². The lowest BCUT2D eigenvalue weighted by molar-refractivity contribution is -0.140. The van der Waals surface area contributed by atoms with Crippen LogP contribution in [0.25, 0.3) is 0 Å². The molecule has 2 heterocycles. The molecule has 218 valence electrons. The van der Waals surface area contributed by atoms with Crippen molar-refractivity contribution in [1.29, 1.82) is 0 Å². The number of nitrogens with one attached hydrogen (secondary N) is 1. The zero-order chi connectivity index (χ0) is 29.0. The predicted molar refractivity (Wildman–Crippen MR) is 141 cm³/mol. The summed E-state index contributed by atoms with van der Waals surface area (Å²) < 4.78 is 61.5. The lowest BCUT2D eigenvalue weighted by Crippen LogP contribution is -2.47. The summed E-state index contributed by atoms with van der Waals surface area (Å²) in [5.74, 6) is 0.374. The van der Waals surface area contributed by atoms with Gasteiger partial charge in [-0.2, -0.15) is 13.2 Å². The Morgan fingerprint density at radius 2 is 1.80 bits per heavy atom. The van der Waals surface area contributed by atoms with E-state index in [9.17, 15) is 22.8 Å². The van der Waals surface area contributed by atoms with E-state index in [2.05, 4.69) is 5.32 Å². The number of carbonyl (C=O) groups excluding carboxylic acids is 2. The van der Waals surface area contributed by atoms with E-state index in [1.165, 1.54) is 12.0 Å². The number of fused-ring (bicyclic) bond motifs is 2. The normalized spacial score (nSPS) is 22.1. The molecule has 4 rings (SSSR count). The fraction of sp³-hybridized carbons (Fsp3) is 0.500. The van der Waals surface area contributed by atoms with Crippen LogP contribution in [0.5, 0.6) is 17.2 Å². The third kappa shape index (κ3) is 7.16. The van der Waals surface area contributed by atoms with E-state index in [-0.39, 0.29) is 49.6 Å². The minimum Gasteiger partial charge on any atom is -0.491 e. The van der Waals surface area contributed by atoms with E-state index in [0.717, 1.165) is 0 Å². The zero-order valence-corrected chi connectivity index (χ0v) is 22.9. The molecule has 0 spiro atoms. The maximum absolute atomic E-state index is 13.4. The highest BCUT2D eigenvalue weighted by Crippen LogP contribution is 2.33. The first-order valence-corrected chi connectivity index (χ1v) is 13.0. The molecule has 3 atom stereocenters. The average Bonchev–Trinajstić information content (AvgIpc) is 3.39. The van der Waals surface area contributed by atoms with Gasteiger partial charge in [0.05, 0.1) is 18.1 Å². The van der Waals surface area contributed by atoms with Crippen LogP contribution in [-0.2, 0) is 4.74 Å². The van der Waals surface area contributed by atoms with Gasteiger partial charge >= 0.3 is 6.18 Å². The molecular formula is C28H34F3N3O6. The molecule has 0 saturated carbocycles. The molecule has 2 amide bonds. The van der Waals surface area contributed by atoms with Crippen LogP contribution in [0.2, 0.25) is 0 Å². The summed E-state index contributed by atoms with van der Waals surface area (Å²) in [5.41, 5.74) is 0.997. The fourth-order valence-electron chi connectivity index (χ4n) is 4.75. The standard InChI is InChI=1S/C28H34F3N3O6/c1-17-13-34(10-9-28(29,30)31)18(2)15-38-23-12-20(6-7-21(23)27(36)33(3)14-25(17)37-4)32-26(35)19-5-8-22-24(11-19)40-16-39-22/h5-8,11-12,17-18,25H,9-10,13-16H2,1-4H3,(H,32,35)/t17-,18-,25+/m1/s1. The van der Waals surface area contributed by atoms with Crippen LogP contribution in [0.3, 0.4) is 0 Å². The summed E-state index contributed by atoms with van der Waals surface area (Å²) in [5, 5.41) is 2.80. The maximum atomic E-state index is 13.4. The van der Waals surface area contributed by atoms with Crippen molar-refractivity contribution in [2.45, 2.75) is 38.6 Å². The Morgan fingerprint density at radius 1 is 1.05 bits per heavy atom. The molecule has 0 aromatic heterocycles. The number of likely N-dealkylation sites (N-methyl/N-ethyl adjacent to an activating group) is 1. The summed E-state index contributed by atoms with van der Waals surface area (Å²) >= 11 is 0. The predicted octanol–water partition coefficient (Wildman–Crippen LogP) is 4.43. The molecule has 0 saturated heterocycles. The second-order valence-corrected chi connectivity index (χ2v) is 10.2. The Kier molecular flexibility index (Phi) is 9.09. The van der Waals surface area contributed by atoms with Crippen LogP contribution in [0.15, 0.2) is 36.4 Å². The lowest BCUT2D eigenvalue weighted by Gasteiger charge is -2.36. The summed E-state index contributed by atoms with van der Waals surface area (Å²) in [6.45, 7) is 4.18. The van der Waals surface area contributed by atoms with Gasteiger partial charge in [0.25, 0.3) is 11.8 Å². The van der Waals surface area contributed by atoms with Gasteiger partial charge in [-0.3, -0.25) is 14.5 Å². The van der Waals surface area contributed by atoms with Gasteiger partial charge in [0.1, 0.15) is 12.4 Å². The minimum atomic E-state index is -4.29. The van der Waals surface area contributed by atoms with Crippen molar-refractivity contribution >= 4 is 17.5 Å².